The minimum Gasteiger partial charge on any atom is -0.350 e. The van der Waals surface area contributed by atoms with E-state index >= 15 is 0 Å². The second-order valence-electron chi connectivity index (χ2n) is 30.8. The molecule has 10 aromatic rings. The number of sulfonamides is 3. The maximum Gasteiger partial charge on any atom is 0.265 e. The third-order valence-electron chi connectivity index (χ3n) is 21.6. The van der Waals surface area contributed by atoms with E-state index in [9.17, 15) is 109 Å². The fourth-order valence-corrected chi connectivity index (χ4v) is 18.1. The van der Waals surface area contributed by atoms with Gasteiger partial charge in [0.15, 0.2) is 17.3 Å². The van der Waals surface area contributed by atoms with Crippen molar-refractivity contribution in [1.29, 1.82) is 0 Å². The van der Waals surface area contributed by atoms with Crippen LogP contribution < -0.4 is 30.1 Å². The van der Waals surface area contributed by atoms with Crippen LogP contribution in [-0.4, -0.2) is 192 Å². The number of rotatable bonds is 26. The topological polar surface area (TPSA) is 404 Å². The molecule has 6 atom stereocenters. The Bertz CT molecular complexity index is 6510. The van der Waals surface area contributed by atoms with E-state index in [2.05, 4.69) is 20.7 Å². The summed E-state index contributed by atoms with van der Waals surface area (Å²) < 4.78 is 169. The quantitative estimate of drug-likeness (QED) is 0.0217. The first-order valence-electron chi connectivity index (χ1n) is 39.3. The van der Waals surface area contributed by atoms with Gasteiger partial charge in [0.05, 0.1) is 62.6 Å². The molecule has 6 heterocycles. The van der Waals surface area contributed by atoms with Gasteiger partial charge in [-0.3, -0.25) is 57.5 Å². The number of ketones is 3. The minimum absolute atomic E-state index is 0.00382. The SMILES string of the molecule is CC(=O)c1cn(CC(=O)N2C[C@H](F)C[C@H]2C(=O)NCc2cccc(C)c2F)c2cc(C(=O)NS(C)(=O)=O)ccc12.CC(=O)c1cn(CC(=O)N2C[C@H](F)C[C@H]2C(=O)NCc2cccc(Cl)c2F)c2cc(C(=O)NS(=O)(=O)C3CC3)ccc12.CC(=O)c1cn(CC(=O)N2C[C@H](F)C[C@H]2C(=O)NCc2cccc(Cl)c2F)c2cc(C(=O)NS(=O)(=O)c3ccccc3)ccc12. The van der Waals surface area contributed by atoms with Crippen molar-refractivity contribution in [1.82, 2.24) is 58.5 Å². The van der Waals surface area contributed by atoms with E-state index in [0.29, 0.717) is 45.6 Å². The zero-order chi connectivity index (χ0) is 92.2. The molecular weight excluding hydrogens is 1770 g/mol. The summed E-state index contributed by atoms with van der Waals surface area (Å²) in [7, 11) is -11.8. The molecule has 0 unspecified atom stereocenters. The molecule has 7 aromatic carbocycles. The molecule has 668 valence electrons. The number of fused-ring (bicyclic) bond motifs is 3. The van der Waals surface area contributed by atoms with Gasteiger partial charge < -0.3 is 44.4 Å². The van der Waals surface area contributed by atoms with Crippen molar-refractivity contribution in [2.45, 2.75) is 146 Å². The molecule has 3 aromatic heterocycles. The number of likely N-dealkylation sites (tertiary alicyclic amines) is 3. The van der Waals surface area contributed by atoms with Crippen LogP contribution in [0.4, 0.5) is 26.3 Å². The number of carbonyl (C=O) groups excluding carboxylic acids is 12. The van der Waals surface area contributed by atoms with Crippen LogP contribution in [0.2, 0.25) is 10.0 Å². The first-order chi connectivity index (χ1) is 59.9. The Morgan fingerprint density at radius 1 is 0.417 bits per heavy atom. The Morgan fingerprint density at radius 2 is 0.748 bits per heavy atom. The lowest BCUT2D eigenvalue weighted by Gasteiger charge is -2.24. The number of nitrogens with one attached hydrogen (secondary N) is 6. The van der Waals surface area contributed by atoms with Gasteiger partial charge in [0.25, 0.3) is 27.7 Å². The highest BCUT2D eigenvalue weighted by atomic mass is 35.5. The van der Waals surface area contributed by atoms with Crippen LogP contribution in [0, 0.1) is 24.4 Å². The predicted molar refractivity (Wildman–Crippen MR) is 453 cm³/mol. The number of benzene rings is 7. The average molecular weight is 1850 g/mol. The number of carbonyl (C=O) groups is 12. The van der Waals surface area contributed by atoms with E-state index < -0.39 is 156 Å². The molecule has 30 nitrogen and oxygen atoms in total. The van der Waals surface area contributed by atoms with Gasteiger partial charge in [0.1, 0.15) is 73.7 Å². The molecule has 3 aliphatic heterocycles. The molecular formula is C86H82Cl2F6N12O18S3. The van der Waals surface area contributed by atoms with Crippen LogP contribution in [0.3, 0.4) is 0 Å². The van der Waals surface area contributed by atoms with Crippen molar-refractivity contribution in [3.05, 3.63) is 241 Å². The van der Waals surface area contributed by atoms with Gasteiger partial charge in [-0.2, -0.15) is 0 Å². The molecule has 127 heavy (non-hydrogen) atoms. The van der Waals surface area contributed by atoms with Gasteiger partial charge in [-0.25, -0.2) is 65.8 Å². The summed E-state index contributed by atoms with van der Waals surface area (Å²) >= 11 is 11.6. The number of hydrogen-bond donors (Lipinski definition) is 6. The Labute approximate surface area is 732 Å². The summed E-state index contributed by atoms with van der Waals surface area (Å²) in [5, 5.41) is 8.07. The van der Waals surface area contributed by atoms with E-state index in [1.54, 1.807) is 25.1 Å². The van der Waals surface area contributed by atoms with Crippen molar-refractivity contribution in [3.63, 3.8) is 0 Å². The lowest BCUT2D eigenvalue weighted by Crippen LogP contribution is -2.46. The smallest absolute Gasteiger partial charge is 0.265 e. The summed E-state index contributed by atoms with van der Waals surface area (Å²) in [6.07, 6.45) is 0.892. The van der Waals surface area contributed by atoms with Gasteiger partial charge in [-0.15, -0.1) is 0 Å². The van der Waals surface area contributed by atoms with Gasteiger partial charge in [-0.05, 0) is 107 Å². The lowest BCUT2D eigenvalue weighted by molar-refractivity contribution is -0.139. The number of aromatic nitrogens is 3. The van der Waals surface area contributed by atoms with Crippen molar-refractivity contribution in [2.75, 3.05) is 25.9 Å². The summed E-state index contributed by atoms with van der Waals surface area (Å²) in [5.41, 5.74) is 2.48. The molecule has 0 bridgehead atoms. The molecule has 4 fully saturated rings. The Balaban J connectivity index is 0.000000173. The van der Waals surface area contributed by atoms with Gasteiger partial charge >= 0.3 is 0 Å². The normalized spacial score (nSPS) is 17.4. The largest absolute Gasteiger partial charge is 0.350 e. The van der Waals surface area contributed by atoms with E-state index in [1.807, 2.05) is 9.44 Å². The maximum absolute atomic E-state index is 14.5. The van der Waals surface area contributed by atoms with Gasteiger partial charge in [0, 0.05) is 124 Å². The number of hydrogen-bond acceptors (Lipinski definition) is 18. The molecule has 0 spiro atoms. The van der Waals surface area contributed by atoms with Crippen LogP contribution in [0.25, 0.3) is 32.7 Å². The molecule has 1 saturated carbocycles. The van der Waals surface area contributed by atoms with Gasteiger partial charge in [0.2, 0.25) is 55.5 Å². The molecule has 1 aliphatic carbocycles. The van der Waals surface area contributed by atoms with Crippen LogP contribution in [0.5, 0.6) is 0 Å². The fraction of sp³-hybridized carbons (Fsp3) is 0.302. The van der Waals surface area contributed by atoms with Crippen LogP contribution in [-0.2, 0) is 98.1 Å². The first-order valence-corrected chi connectivity index (χ1v) is 45.0. The standard InChI is InChI=1S/C31H27ClF2N4O6S.C28H27ClF2N4O6S.C27H28F2N4O6S/c1-18(39)24-16-37(26-12-19(10-11-23(24)26)30(41)36-45(43,44)22-7-3-2-4-8-22)17-28(40)38-15-21(33)13-27(38)31(42)35-14-20-6-5-9-25(32)29(20)34;1-15(36)21-13-34(23-9-16(5-8-20(21)23)27(38)33-42(40,41)19-6-7-19)14-25(37)35-12-18(30)10-24(35)28(39)32-11-17-3-2-4-22(29)26(17)31;1-15-5-4-6-18(25(15)29)11-30-27(37)23-10-19(28)12-33(23)24(35)14-32-13-21(16(2)34)20-8-7-17(9-22(20)32)26(36)31-40(3,38)39/h2-12,16,21,27H,13-15,17H2,1H3,(H,35,42)(H,36,41);2-5,8-9,13,18-19,24H,6-7,10-12,14H2,1H3,(H,32,39)(H,33,38);4-9,13,19,23H,10-12,14H2,1-3H3,(H,30,37)(H,31,36)/t21-,27+;18-,24+;19-,23+/m111/s1. The predicted octanol–water partition coefficient (Wildman–Crippen LogP) is 9.36. The lowest BCUT2D eigenvalue weighted by atomic mass is 10.1. The molecule has 41 heteroatoms. The number of nitrogens with zero attached hydrogens (tertiary/aromatic N) is 6. The molecule has 4 aliphatic rings. The first kappa shape index (κ1) is 93.6. The van der Waals surface area contributed by atoms with Crippen molar-refractivity contribution >= 4 is 156 Å². The highest BCUT2D eigenvalue weighted by Crippen LogP contribution is 2.33. The Kier molecular flexibility index (Phi) is 28.5. The zero-order valence-electron chi connectivity index (χ0n) is 68.2. The number of aryl methyl sites for hydroxylation is 1. The van der Waals surface area contributed by atoms with E-state index in [0.717, 1.165) is 21.0 Å². The van der Waals surface area contributed by atoms with Crippen molar-refractivity contribution in [3.8, 4) is 0 Å². The average Bonchev–Trinajstić information content (AvgIpc) is 1.63. The highest BCUT2D eigenvalue weighted by molar-refractivity contribution is 7.91. The second kappa shape index (κ2) is 38.7. The number of Topliss-reactive ketones (excluding diaryl/α,β-unsaturated/α-hetero) is 3. The van der Waals surface area contributed by atoms with Crippen molar-refractivity contribution < 1.29 is 109 Å². The fourth-order valence-electron chi connectivity index (χ4n) is 15.0. The van der Waals surface area contributed by atoms with E-state index in [4.69, 9.17) is 23.2 Å². The number of alkyl halides is 3. The Morgan fingerprint density at radius 3 is 1.09 bits per heavy atom. The number of amides is 9. The number of halogens is 8. The summed E-state index contributed by atoms with van der Waals surface area (Å²) in [4.78, 5) is 157. The zero-order valence-corrected chi connectivity index (χ0v) is 72.2. The molecule has 0 radical (unpaired) electrons. The van der Waals surface area contributed by atoms with E-state index in [1.165, 1.54) is 174 Å². The Hall–Kier alpha value is -12.6. The summed E-state index contributed by atoms with van der Waals surface area (Å²) in [5.74, 6) is -9.33. The van der Waals surface area contributed by atoms with Crippen LogP contribution in [0.15, 0.2) is 163 Å². The highest BCUT2D eigenvalue weighted by Gasteiger charge is 2.44. The van der Waals surface area contributed by atoms with Crippen LogP contribution >= 0.6 is 23.2 Å². The molecule has 14 rings (SSSR count). The monoisotopic (exact) mass is 1850 g/mol. The van der Waals surface area contributed by atoms with Crippen molar-refractivity contribution in [2.24, 2.45) is 0 Å². The molecule has 9 amide bonds. The molecule has 6 N–H and O–H groups in total. The van der Waals surface area contributed by atoms with Gasteiger partial charge in [-0.1, -0.05) is 102 Å². The summed E-state index contributed by atoms with van der Waals surface area (Å²) in [6, 6.07) is 29.8. The summed E-state index contributed by atoms with van der Waals surface area (Å²) in [6.45, 7) is 2.79. The molecule has 3 saturated heterocycles. The maximum atomic E-state index is 14.5. The third kappa shape index (κ3) is 21.9. The minimum atomic E-state index is -4.18. The van der Waals surface area contributed by atoms with Crippen LogP contribution in [0.1, 0.15) is 137 Å². The third-order valence-corrected chi connectivity index (χ3v) is 25.9. The van der Waals surface area contributed by atoms with E-state index in [-0.39, 0.29) is 153 Å². The second-order valence-corrected chi connectivity index (χ2v) is 37.0.